The Balaban J connectivity index is 2.69. The van der Waals surface area contributed by atoms with E-state index >= 15 is 0 Å². The summed E-state index contributed by atoms with van der Waals surface area (Å²) in [5.74, 6) is 0.557. The van der Waals surface area contributed by atoms with Gasteiger partial charge in [-0.05, 0) is 18.4 Å². The maximum atomic E-state index is 12.3. The second kappa shape index (κ2) is 7.14. The van der Waals surface area contributed by atoms with Gasteiger partial charge in [0.2, 0.25) is 5.91 Å². The van der Waals surface area contributed by atoms with Crippen molar-refractivity contribution in [2.75, 3.05) is 13.6 Å². The van der Waals surface area contributed by atoms with Gasteiger partial charge in [0.25, 0.3) is 0 Å². The Bertz CT molecular complexity index is 418. The fourth-order valence-corrected chi connectivity index (χ4v) is 2.16. The molecule has 1 aromatic carbocycles. The van der Waals surface area contributed by atoms with Gasteiger partial charge in [0.15, 0.2) is 0 Å². The Morgan fingerprint density at radius 3 is 2.53 bits per heavy atom. The molecule has 3 N–H and O–H groups in total. The first-order chi connectivity index (χ1) is 8.95. The molecule has 4 heteroatoms. The normalized spacial score (nSPS) is 12.5. The van der Waals surface area contributed by atoms with Crippen LogP contribution in [0.15, 0.2) is 24.3 Å². The van der Waals surface area contributed by atoms with Crippen LogP contribution in [0.25, 0.3) is 0 Å². The zero-order chi connectivity index (χ0) is 14.4. The summed E-state index contributed by atoms with van der Waals surface area (Å²) in [6, 6.07) is 7.06. The van der Waals surface area contributed by atoms with Crippen molar-refractivity contribution in [3.8, 4) is 5.75 Å². The van der Waals surface area contributed by atoms with Crippen molar-refractivity contribution < 1.29 is 9.90 Å². The molecular weight excluding hydrogens is 240 g/mol. The molecule has 0 aromatic heterocycles. The molecule has 0 aliphatic carbocycles. The van der Waals surface area contributed by atoms with Crippen LogP contribution in [-0.2, 0) is 11.3 Å². The standard InChI is InChI=1S/C15H24N2O2/c1-11(2)8-13(9-16)15(19)17(3)10-12-6-4-5-7-14(12)18/h4-7,11,13,18H,8-10,16H2,1-3H3. The van der Waals surface area contributed by atoms with Gasteiger partial charge < -0.3 is 15.7 Å². The van der Waals surface area contributed by atoms with Gasteiger partial charge in [-0.2, -0.15) is 0 Å². The van der Waals surface area contributed by atoms with Crippen molar-refractivity contribution in [1.29, 1.82) is 0 Å². The second-order valence-corrected chi connectivity index (χ2v) is 5.39. The lowest BCUT2D eigenvalue weighted by atomic mass is 9.96. The van der Waals surface area contributed by atoms with Crippen molar-refractivity contribution >= 4 is 5.91 Å². The predicted molar refractivity (Wildman–Crippen MR) is 76.6 cm³/mol. The monoisotopic (exact) mass is 264 g/mol. The zero-order valence-electron chi connectivity index (χ0n) is 12.0. The third-order valence-corrected chi connectivity index (χ3v) is 3.17. The van der Waals surface area contributed by atoms with E-state index in [2.05, 4.69) is 13.8 Å². The minimum Gasteiger partial charge on any atom is -0.508 e. The minimum atomic E-state index is -0.143. The van der Waals surface area contributed by atoms with Crippen molar-refractivity contribution in [3.05, 3.63) is 29.8 Å². The quantitative estimate of drug-likeness (QED) is 0.825. The Hall–Kier alpha value is -1.55. The first-order valence-electron chi connectivity index (χ1n) is 6.67. The molecule has 0 saturated carbocycles. The van der Waals surface area contributed by atoms with E-state index in [-0.39, 0.29) is 17.6 Å². The summed E-state index contributed by atoms with van der Waals surface area (Å²) in [5, 5.41) is 9.72. The average molecular weight is 264 g/mol. The van der Waals surface area contributed by atoms with Crippen LogP contribution in [-0.4, -0.2) is 29.5 Å². The highest BCUT2D eigenvalue weighted by molar-refractivity contribution is 5.78. The maximum absolute atomic E-state index is 12.3. The lowest BCUT2D eigenvalue weighted by Gasteiger charge is -2.24. The van der Waals surface area contributed by atoms with Gasteiger partial charge in [0, 0.05) is 25.7 Å². The first kappa shape index (κ1) is 15.5. The Morgan fingerprint density at radius 2 is 2.00 bits per heavy atom. The van der Waals surface area contributed by atoms with E-state index in [4.69, 9.17) is 5.73 Å². The topological polar surface area (TPSA) is 66.6 Å². The molecular formula is C15H24N2O2. The SMILES string of the molecule is CC(C)CC(CN)C(=O)N(C)Cc1ccccc1O. The molecule has 0 radical (unpaired) electrons. The van der Waals surface area contributed by atoms with Gasteiger partial charge in [0.1, 0.15) is 5.75 Å². The number of phenols is 1. The summed E-state index contributed by atoms with van der Waals surface area (Å²) in [5.41, 5.74) is 6.43. The zero-order valence-corrected chi connectivity index (χ0v) is 12.0. The van der Waals surface area contributed by atoms with E-state index in [1.54, 1.807) is 24.1 Å². The van der Waals surface area contributed by atoms with Crippen molar-refractivity contribution in [3.63, 3.8) is 0 Å². The molecule has 0 aliphatic heterocycles. The van der Waals surface area contributed by atoms with Gasteiger partial charge in [-0.3, -0.25) is 4.79 Å². The number of carbonyl (C=O) groups is 1. The lowest BCUT2D eigenvalue weighted by Crippen LogP contribution is -2.37. The summed E-state index contributed by atoms with van der Waals surface area (Å²) in [6.45, 7) is 4.93. The molecule has 0 spiro atoms. The number of para-hydroxylation sites is 1. The number of aromatic hydroxyl groups is 1. The predicted octanol–water partition coefficient (Wildman–Crippen LogP) is 1.97. The van der Waals surface area contributed by atoms with E-state index in [0.29, 0.717) is 19.0 Å². The molecule has 0 aliphatic rings. The summed E-state index contributed by atoms with van der Waals surface area (Å²) >= 11 is 0. The van der Waals surface area contributed by atoms with Crippen molar-refractivity contribution in [1.82, 2.24) is 4.90 Å². The largest absolute Gasteiger partial charge is 0.508 e. The van der Waals surface area contributed by atoms with E-state index in [1.165, 1.54) is 0 Å². The van der Waals surface area contributed by atoms with Crippen LogP contribution < -0.4 is 5.73 Å². The minimum absolute atomic E-state index is 0.0412. The molecule has 106 valence electrons. The van der Waals surface area contributed by atoms with Crippen LogP contribution in [0.5, 0.6) is 5.75 Å². The first-order valence-corrected chi connectivity index (χ1v) is 6.67. The lowest BCUT2D eigenvalue weighted by molar-refractivity contribution is -0.134. The van der Waals surface area contributed by atoms with Gasteiger partial charge in [-0.1, -0.05) is 32.0 Å². The number of phenolic OH excluding ortho intramolecular Hbond substituents is 1. The highest BCUT2D eigenvalue weighted by Gasteiger charge is 2.22. The molecule has 1 unspecified atom stereocenters. The maximum Gasteiger partial charge on any atom is 0.227 e. The van der Waals surface area contributed by atoms with Crippen LogP contribution >= 0.6 is 0 Å². The average Bonchev–Trinajstić information content (AvgIpc) is 2.37. The number of carbonyl (C=O) groups excluding carboxylic acids is 1. The van der Waals surface area contributed by atoms with Crippen LogP contribution in [0.2, 0.25) is 0 Å². The third-order valence-electron chi connectivity index (χ3n) is 3.17. The molecule has 0 saturated heterocycles. The molecule has 1 amide bonds. The number of hydrogen-bond acceptors (Lipinski definition) is 3. The number of rotatable bonds is 6. The Morgan fingerprint density at radius 1 is 1.37 bits per heavy atom. The van der Waals surface area contributed by atoms with E-state index in [0.717, 1.165) is 12.0 Å². The van der Waals surface area contributed by atoms with Gasteiger partial charge in [-0.25, -0.2) is 0 Å². The highest BCUT2D eigenvalue weighted by atomic mass is 16.3. The van der Waals surface area contributed by atoms with Crippen LogP contribution in [0.3, 0.4) is 0 Å². The molecule has 0 bridgehead atoms. The third kappa shape index (κ3) is 4.56. The molecule has 0 fully saturated rings. The number of nitrogens with two attached hydrogens (primary N) is 1. The molecule has 4 nitrogen and oxygen atoms in total. The highest BCUT2D eigenvalue weighted by Crippen LogP contribution is 2.19. The smallest absolute Gasteiger partial charge is 0.227 e. The van der Waals surface area contributed by atoms with Crippen LogP contribution in [0.1, 0.15) is 25.8 Å². The van der Waals surface area contributed by atoms with E-state index in [9.17, 15) is 9.90 Å². The van der Waals surface area contributed by atoms with Crippen LogP contribution in [0.4, 0.5) is 0 Å². The molecule has 1 atom stereocenters. The summed E-state index contributed by atoms with van der Waals surface area (Å²) in [7, 11) is 1.75. The fraction of sp³-hybridized carbons (Fsp3) is 0.533. The van der Waals surface area contributed by atoms with E-state index in [1.807, 2.05) is 12.1 Å². The second-order valence-electron chi connectivity index (χ2n) is 5.39. The van der Waals surface area contributed by atoms with Gasteiger partial charge in [-0.15, -0.1) is 0 Å². The number of hydrogen-bond donors (Lipinski definition) is 2. The van der Waals surface area contributed by atoms with Gasteiger partial charge >= 0.3 is 0 Å². The number of benzene rings is 1. The summed E-state index contributed by atoms with van der Waals surface area (Å²) < 4.78 is 0. The fourth-order valence-electron chi connectivity index (χ4n) is 2.16. The molecule has 0 heterocycles. The van der Waals surface area contributed by atoms with Crippen molar-refractivity contribution in [2.24, 2.45) is 17.6 Å². The van der Waals surface area contributed by atoms with Crippen molar-refractivity contribution in [2.45, 2.75) is 26.8 Å². The Kier molecular flexibility index (Phi) is 5.83. The Labute approximate surface area is 115 Å². The number of nitrogens with zero attached hydrogens (tertiary/aromatic N) is 1. The van der Waals surface area contributed by atoms with Crippen LogP contribution in [0, 0.1) is 11.8 Å². The summed E-state index contributed by atoms with van der Waals surface area (Å²) in [6.07, 6.45) is 0.792. The molecule has 1 aromatic rings. The molecule has 1 rings (SSSR count). The number of amides is 1. The summed E-state index contributed by atoms with van der Waals surface area (Å²) in [4.78, 5) is 13.9. The van der Waals surface area contributed by atoms with Gasteiger partial charge in [0.05, 0.1) is 5.92 Å². The molecule has 19 heavy (non-hydrogen) atoms. The van der Waals surface area contributed by atoms with E-state index < -0.39 is 0 Å².